The zero-order valence-corrected chi connectivity index (χ0v) is 12.3. The third-order valence-electron chi connectivity index (χ3n) is 2.82. The van der Waals surface area contributed by atoms with Gasteiger partial charge in [-0.1, -0.05) is 12.1 Å². The lowest BCUT2D eigenvalue weighted by Crippen LogP contribution is -2.20. The first kappa shape index (κ1) is 14.9. The van der Waals surface area contributed by atoms with E-state index in [1.54, 1.807) is 23.5 Å². The molecule has 0 saturated carbocycles. The SMILES string of the molecule is CN(C)c1ncc(CNC[C@H](O)c2ccc(F)cc2)s1. The predicted molar refractivity (Wildman–Crippen MR) is 79.5 cm³/mol. The Morgan fingerprint density at radius 3 is 2.65 bits per heavy atom. The van der Waals surface area contributed by atoms with Gasteiger partial charge in [0.05, 0.1) is 6.10 Å². The van der Waals surface area contributed by atoms with Gasteiger partial charge in [0.1, 0.15) is 5.82 Å². The quantitative estimate of drug-likeness (QED) is 0.857. The highest BCUT2D eigenvalue weighted by molar-refractivity contribution is 7.15. The Labute approximate surface area is 121 Å². The first-order valence-electron chi connectivity index (χ1n) is 6.32. The number of nitrogens with one attached hydrogen (secondary N) is 1. The van der Waals surface area contributed by atoms with Crippen LogP contribution in [0.3, 0.4) is 0 Å². The van der Waals surface area contributed by atoms with E-state index in [0.29, 0.717) is 18.7 Å². The fourth-order valence-electron chi connectivity index (χ4n) is 1.72. The molecule has 20 heavy (non-hydrogen) atoms. The van der Waals surface area contributed by atoms with Crippen LogP contribution >= 0.6 is 11.3 Å². The van der Waals surface area contributed by atoms with Gasteiger partial charge in [-0.25, -0.2) is 9.37 Å². The zero-order chi connectivity index (χ0) is 14.5. The van der Waals surface area contributed by atoms with Gasteiger partial charge in [-0.05, 0) is 17.7 Å². The summed E-state index contributed by atoms with van der Waals surface area (Å²) in [5.41, 5.74) is 0.706. The summed E-state index contributed by atoms with van der Waals surface area (Å²) in [5.74, 6) is -0.296. The van der Waals surface area contributed by atoms with Crippen molar-refractivity contribution in [3.63, 3.8) is 0 Å². The van der Waals surface area contributed by atoms with Crippen molar-refractivity contribution in [3.05, 3.63) is 46.7 Å². The van der Waals surface area contributed by atoms with Crippen LogP contribution in [0.5, 0.6) is 0 Å². The molecule has 0 amide bonds. The Hall–Kier alpha value is -1.50. The van der Waals surface area contributed by atoms with Crippen molar-refractivity contribution in [1.29, 1.82) is 0 Å². The topological polar surface area (TPSA) is 48.4 Å². The van der Waals surface area contributed by atoms with Gasteiger partial charge < -0.3 is 15.3 Å². The number of aliphatic hydroxyl groups excluding tert-OH is 1. The molecule has 108 valence electrons. The summed E-state index contributed by atoms with van der Waals surface area (Å²) in [6, 6.07) is 5.90. The second-order valence-corrected chi connectivity index (χ2v) is 5.80. The van der Waals surface area contributed by atoms with Gasteiger partial charge >= 0.3 is 0 Å². The van der Waals surface area contributed by atoms with Crippen LogP contribution < -0.4 is 10.2 Å². The van der Waals surface area contributed by atoms with Crippen molar-refractivity contribution in [2.24, 2.45) is 0 Å². The number of aliphatic hydroxyl groups is 1. The van der Waals surface area contributed by atoms with E-state index in [2.05, 4.69) is 10.3 Å². The molecule has 0 radical (unpaired) electrons. The average Bonchev–Trinajstić information content (AvgIpc) is 2.88. The number of benzene rings is 1. The van der Waals surface area contributed by atoms with Gasteiger partial charge in [-0.15, -0.1) is 11.3 Å². The van der Waals surface area contributed by atoms with Gasteiger partial charge in [-0.2, -0.15) is 0 Å². The summed E-state index contributed by atoms with van der Waals surface area (Å²) >= 11 is 1.61. The molecule has 0 unspecified atom stereocenters. The molecular formula is C14H18FN3OS. The molecule has 2 N–H and O–H groups in total. The van der Waals surface area contributed by atoms with E-state index in [0.717, 1.165) is 10.0 Å². The van der Waals surface area contributed by atoms with Crippen molar-refractivity contribution >= 4 is 16.5 Å². The van der Waals surface area contributed by atoms with Crippen molar-refractivity contribution in [3.8, 4) is 0 Å². The number of rotatable bonds is 6. The highest BCUT2D eigenvalue weighted by Gasteiger charge is 2.08. The van der Waals surface area contributed by atoms with E-state index in [4.69, 9.17) is 0 Å². The largest absolute Gasteiger partial charge is 0.387 e. The van der Waals surface area contributed by atoms with E-state index in [1.807, 2.05) is 25.2 Å². The second kappa shape index (κ2) is 6.78. The van der Waals surface area contributed by atoms with Gasteiger partial charge in [0.25, 0.3) is 0 Å². The summed E-state index contributed by atoms with van der Waals surface area (Å²) in [6.07, 6.45) is 1.19. The Balaban J connectivity index is 1.81. The molecule has 0 aliphatic rings. The number of nitrogens with zero attached hydrogens (tertiary/aromatic N) is 2. The molecule has 0 bridgehead atoms. The third-order valence-corrected chi connectivity index (χ3v) is 3.98. The maximum absolute atomic E-state index is 12.8. The van der Waals surface area contributed by atoms with Crippen LogP contribution in [-0.4, -0.2) is 30.7 Å². The molecular weight excluding hydrogens is 277 g/mol. The molecule has 1 aromatic heterocycles. The van der Waals surface area contributed by atoms with E-state index >= 15 is 0 Å². The summed E-state index contributed by atoms with van der Waals surface area (Å²) in [7, 11) is 3.91. The van der Waals surface area contributed by atoms with E-state index in [1.165, 1.54) is 12.1 Å². The van der Waals surface area contributed by atoms with Crippen LogP contribution in [0.4, 0.5) is 9.52 Å². The van der Waals surface area contributed by atoms with Crippen molar-refractivity contribution in [2.75, 3.05) is 25.5 Å². The first-order valence-corrected chi connectivity index (χ1v) is 7.14. The molecule has 0 aliphatic carbocycles. The lowest BCUT2D eigenvalue weighted by atomic mass is 10.1. The highest BCUT2D eigenvalue weighted by Crippen LogP contribution is 2.20. The third kappa shape index (κ3) is 4.00. The van der Waals surface area contributed by atoms with E-state index in [-0.39, 0.29) is 5.82 Å². The molecule has 1 atom stereocenters. The standard InChI is InChI=1S/C14H18FN3OS/c1-18(2)14-17-8-12(20-14)7-16-9-13(19)10-3-5-11(15)6-4-10/h3-6,8,13,16,19H,7,9H2,1-2H3/t13-/m0/s1. The summed E-state index contributed by atoms with van der Waals surface area (Å²) in [4.78, 5) is 7.35. The minimum atomic E-state index is -0.642. The molecule has 0 fully saturated rings. The fraction of sp³-hybridized carbons (Fsp3) is 0.357. The average molecular weight is 295 g/mol. The minimum Gasteiger partial charge on any atom is -0.387 e. The molecule has 1 aromatic carbocycles. The zero-order valence-electron chi connectivity index (χ0n) is 11.5. The Kier molecular flexibility index (Phi) is 5.05. The van der Waals surface area contributed by atoms with Crippen LogP contribution in [0.15, 0.2) is 30.5 Å². The normalized spacial score (nSPS) is 12.4. The van der Waals surface area contributed by atoms with Gasteiger partial charge in [0.2, 0.25) is 0 Å². The van der Waals surface area contributed by atoms with E-state index in [9.17, 15) is 9.50 Å². The Morgan fingerprint density at radius 1 is 1.35 bits per heavy atom. The number of hydrogen-bond acceptors (Lipinski definition) is 5. The van der Waals surface area contributed by atoms with Crippen molar-refractivity contribution in [2.45, 2.75) is 12.6 Å². The second-order valence-electron chi connectivity index (χ2n) is 4.70. The number of thiazole rings is 1. The highest BCUT2D eigenvalue weighted by atomic mass is 32.1. The summed E-state index contributed by atoms with van der Waals surface area (Å²) < 4.78 is 12.8. The smallest absolute Gasteiger partial charge is 0.185 e. The van der Waals surface area contributed by atoms with Gasteiger partial charge in [0, 0.05) is 38.3 Å². The molecule has 2 aromatic rings. The summed E-state index contributed by atoms with van der Waals surface area (Å²) in [5, 5.41) is 14.1. The maximum atomic E-state index is 12.8. The predicted octanol–water partition coefficient (Wildman–Crippen LogP) is 2.17. The molecule has 0 aliphatic heterocycles. The molecule has 0 spiro atoms. The molecule has 4 nitrogen and oxygen atoms in total. The number of hydrogen-bond donors (Lipinski definition) is 2. The lowest BCUT2D eigenvalue weighted by Gasteiger charge is -2.11. The first-order chi connectivity index (χ1) is 9.56. The lowest BCUT2D eigenvalue weighted by molar-refractivity contribution is 0.174. The fourth-order valence-corrected chi connectivity index (χ4v) is 2.52. The molecule has 1 heterocycles. The van der Waals surface area contributed by atoms with Gasteiger partial charge in [-0.3, -0.25) is 0 Å². The maximum Gasteiger partial charge on any atom is 0.185 e. The van der Waals surface area contributed by atoms with Crippen molar-refractivity contribution < 1.29 is 9.50 Å². The van der Waals surface area contributed by atoms with Gasteiger partial charge in [0.15, 0.2) is 5.13 Å². The number of aromatic nitrogens is 1. The number of anilines is 1. The molecule has 2 rings (SSSR count). The number of halogens is 1. The van der Waals surface area contributed by atoms with Crippen LogP contribution in [0.1, 0.15) is 16.5 Å². The molecule has 6 heteroatoms. The van der Waals surface area contributed by atoms with Crippen LogP contribution in [0, 0.1) is 5.82 Å². The van der Waals surface area contributed by atoms with Crippen LogP contribution in [0.25, 0.3) is 0 Å². The summed E-state index contributed by atoms with van der Waals surface area (Å²) in [6.45, 7) is 1.07. The minimum absolute atomic E-state index is 0.296. The monoisotopic (exact) mass is 295 g/mol. The van der Waals surface area contributed by atoms with E-state index < -0.39 is 6.10 Å². The van der Waals surface area contributed by atoms with Crippen molar-refractivity contribution in [1.82, 2.24) is 10.3 Å². The Morgan fingerprint density at radius 2 is 2.05 bits per heavy atom. The Bertz CT molecular complexity index is 542. The van der Waals surface area contributed by atoms with Crippen LogP contribution in [0.2, 0.25) is 0 Å². The molecule has 0 saturated heterocycles. The van der Waals surface area contributed by atoms with Crippen LogP contribution in [-0.2, 0) is 6.54 Å².